The van der Waals surface area contributed by atoms with E-state index in [2.05, 4.69) is 32.5 Å². The number of nitrogens with zero attached hydrogens (tertiary/aromatic N) is 1. The molecule has 210 valence electrons. The van der Waals surface area contributed by atoms with Crippen molar-refractivity contribution in [3.05, 3.63) is 115 Å². The number of hydrogen-bond donors (Lipinski definition) is 4. The monoisotopic (exact) mass is 567 g/mol. The smallest absolute Gasteiger partial charge is 0.325 e. The lowest BCUT2D eigenvalue weighted by Crippen LogP contribution is -2.35. The van der Waals surface area contributed by atoms with Gasteiger partial charge in [-0.05, 0) is 60.2 Å². The summed E-state index contributed by atoms with van der Waals surface area (Å²) in [6.07, 6.45) is 2.56. The van der Waals surface area contributed by atoms with Crippen LogP contribution in [0.4, 0.5) is 25.0 Å². The molecule has 0 aliphatic heterocycles. The molecule has 5 aromatic rings. The van der Waals surface area contributed by atoms with Gasteiger partial charge in [-0.2, -0.15) is 0 Å². The van der Waals surface area contributed by atoms with Gasteiger partial charge in [0.1, 0.15) is 17.2 Å². The number of imide groups is 1. The molecule has 0 saturated carbocycles. The van der Waals surface area contributed by atoms with Crippen LogP contribution in [-0.4, -0.2) is 27.8 Å². The molecule has 0 saturated heterocycles. The number of pyridine rings is 1. The van der Waals surface area contributed by atoms with Gasteiger partial charge >= 0.3 is 6.03 Å². The van der Waals surface area contributed by atoms with Crippen molar-refractivity contribution in [2.45, 2.75) is 6.42 Å². The molecule has 0 radical (unpaired) electrons. The molecule has 0 spiro atoms. The highest BCUT2D eigenvalue weighted by atomic mass is 19.1. The van der Waals surface area contributed by atoms with Gasteiger partial charge in [-0.25, -0.2) is 18.6 Å². The largest absolute Gasteiger partial charge is 0.453 e. The van der Waals surface area contributed by atoms with Crippen molar-refractivity contribution < 1.29 is 27.9 Å². The molecule has 0 atom stereocenters. The molecule has 42 heavy (non-hydrogen) atoms. The van der Waals surface area contributed by atoms with Crippen LogP contribution in [0.15, 0.2) is 97.7 Å². The Morgan fingerprint density at radius 1 is 0.905 bits per heavy atom. The fourth-order valence-electron chi connectivity index (χ4n) is 4.11. The number of carbonyl (C=O) groups is 3. The van der Waals surface area contributed by atoms with Gasteiger partial charge in [0.2, 0.25) is 11.8 Å². The summed E-state index contributed by atoms with van der Waals surface area (Å²) in [5.74, 6) is -1.89. The van der Waals surface area contributed by atoms with Crippen LogP contribution in [0.25, 0.3) is 22.3 Å². The third-order valence-electron chi connectivity index (χ3n) is 6.06. The predicted molar refractivity (Wildman–Crippen MR) is 154 cm³/mol. The second kappa shape index (κ2) is 12.1. The van der Waals surface area contributed by atoms with E-state index in [1.807, 2.05) is 6.07 Å². The average Bonchev–Trinajstić information content (AvgIpc) is 3.41. The number of amides is 4. The number of anilines is 2. The zero-order chi connectivity index (χ0) is 29.6. The molecule has 0 aliphatic carbocycles. The van der Waals surface area contributed by atoms with Gasteiger partial charge in [0, 0.05) is 34.9 Å². The third-order valence-corrected chi connectivity index (χ3v) is 6.06. The molecular formula is C31H23F2N5O4. The highest BCUT2D eigenvalue weighted by Crippen LogP contribution is 2.34. The lowest BCUT2D eigenvalue weighted by atomic mass is 10.1. The van der Waals surface area contributed by atoms with E-state index in [0.717, 1.165) is 11.6 Å². The first-order valence-corrected chi connectivity index (χ1v) is 12.6. The molecule has 2 heterocycles. The molecule has 0 aliphatic rings. The molecule has 5 rings (SSSR count). The van der Waals surface area contributed by atoms with Crippen LogP contribution in [0, 0.1) is 11.6 Å². The van der Waals surface area contributed by atoms with Crippen LogP contribution < -0.4 is 20.7 Å². The Morgan fingerprint density at radius 3 is 2.45 bits per heavy atom. The first kappa shape index (κ1) is 27.7. The SMILES string of the molecule is C=CC(=O)Nc1cccc(-c2cc3c(Oc4ccc(NC(=O)NC(=O)Cc5ccc(F)cc5)cc4F)ccnc3[nH]2)c1. The van der Waals surface area contributed by atoms with Gasteiger partial charge in [-0.1, -0.05) is 30.8 Å². The summed E-state index contributed by atoms with van der Waals surface area (Å²) in [6, 6.07) is 18.8. The number of ether oxygens (including phenoxy) is 1. The molecule has 0 fully saturated rings. The fraction of sp³-hybridized carbons (Fsp3) is 0.0323. The van der Waals surface area contributed by atoms with Crippen LogP contribution in [-0.2, 0) is 16.0 Å². The number of hydrogen-bond acceptors (Lipinski definition) is 5. The highest BCUT2D eigenvalue weighted by molar-refractivity contribution is 6.02. The van der Waals surface area contributed by atoms with E-state index in [4.69, 9.17) is 4.74 Å². The number of halogens is 2. The minimum atomic E-state index is -0.848. The minimum absolute atomic E-state index is 0.0964. The fourth-order valence-corrected chi connectivity index (χ4v) is 4.11. The standard InChI is InChI=1S/C31H23F2N5O4/c1-2-28(39)35-21-5-3-4-19(15-21)25-17-23-26(12-13-34-30(23)37-25)42-27-11-10-22(16-24(27)33)36-31(41)38-29(40)14-18-6-8-20(32)9-7-18/h2-13,15-17H,1,14H2,(H,34,37)(H,35,39)(H2,36,38,40,41). The lowest BCUT2D eigenvalue weighted by Gasteiger charge is -2.10. The van der Waals surface area contributed by atoms with Crippen LogP contribution in [0.3, 0.4) is 0 Å². The number of fused-ring (bicyclic) bond motifs is 1. The molecular weight excluding hydrogens is 544 g/mol. The summed E-state index contributed by atoms with van der Waals surface area (Å²) >= 11 is 0. The predicted octanol–water partition coefficient (Wildman–Crippen LogP) is 6.32. The van der Waals surface area contributed by atoms with Gasteiger partial charge in [0.05, 0.1) is 11.8 Å². The maximum atomic E-state index is 15.0. The Kier molecular flexibility index (Phi) is 8.00. The Bertz CT molecular complexity index is 1820. The normalized spacial score (nSPS) is 10.6. The summed E-state index contributed by atoms with van der Waals surface area (Å²) in [5, 5.41) is 7.85. The van der Waals surface area contributed by atoms with E-state index in [9.17, 15) is 23.2 Å². The second-order valence-electron chi connectivity index (χ2n) is 9.08. The van der Waals surface area contributed by atoms with Crippen molar-refractivity contribution in [2.24, 2.45) is 0 Å². The zero-order valence-electron chi connectivity index (χ0n) is 21.9. The van der Waals surface area contributed by atoms with Crippen molar-refractivity contribution in [1.29, 1.82) is 0 Å². The van der Waals surface area contributed by atoms with Crippen molar-refractivity contribution in [2.75, 3.05) is 10.6 Å². The summed E-state index contributed by atoms with van der Waals surface area (Å²) in [4.78, 5) is 43.5. The van der Waals surface area contributed by atoms with E-state index in [1.165, 1.54) is 48.7 Å². The van der Waals surface area contributed by atoms with Crippen molar-refractivity contribution in [3.8, 4) is 22.8 Å². The number of carbonyl (C=O) groups excluding carboxylic acids is 3. The molecule has 11 heteroatoms. The Morgan fingerprint density at radius 2 is 1.69 bits per heavy atom. The number of H-pyrrole nitrogens is 1. The molecule has 4 N–H and O–H groups in total. The number of benzene rings is 3. The van der Waals surface area contributed by atoms with Gasteiger partial charge in [0.25, 0.3) is 0 Å². The molecule has 3 aromatic carbocycles. The summed E-state index contributed by atoms with van der Waals surface area (Å²) in [7, 11) is 0. The zero-order valence-corrected chi connectivity index (χ0v) is 21.9. The minimum Gasteiger partial charge on any atom is -0.453 e. The van der Waals surface area contributed by atoms with Crippen molar-refractivity contribution >= 4 is 40.3 Å². The molecule has 2 aromatic heterocycles. The topological polar surface area (TPSA) is 125 Å². The van der Waals surface area contributed by atoms with Crippen molar-refractivity contribution in [1.82, 2.24) is 15.3 Å². The van der Waals surface area contributed by atoms with Crippen LogP contribution >= 0.6 is 0 Å². The summed E-state index contributed by atoms with van der Waals surface area (Å²) in [5.41, 5.74) is 3.18. The number of aromatic amines is 1. The number of rotatable bonds is 8. The molecule has 4 amide bonds. The van der Waals surface area contributed by atoms with Crippen LogP contribution in [0.2, 0.25) is 0 Å². The number of urea groups is 1. The highest BCUT2D eigenvalue weighted by Gasteiger charge is 2.15. The summed E-state index contributed by atoms with van der Waals surface area (Å²) < 4.78 is 33.8. The maximum absolute atomic E-state index is 15.0. The third kappa shape index (κ3) is 6.65. The average molecular weight is 568 g/mol. The maximum Gasteiger partial charge on any atom is 0.325 e. The van der Waals surface area contributed by atoms with Crippen LogP contribution in [0.5, 0.6) is 11.5 Å². The molecule has 0 bridgehead atoms. The number of aromatic nitrogens is 2. The second-order valence-corrected chi connectivity index (χ2v) is 9.08. The first-order valence-electron chi connectivity index (χ1n) is 12.6. The van der Waals surface area contributed by atoms with Gasteiger partial charge in [-0.15, -0.1) is 0 Å². The first-order chi connectivity index (χ1) is 20.3. The van der Waals surface area contributed by atoms with E-state index in [-0.39, 0.29) is 23.8 Å². The molecule has 9 nitrogen and oxygen atoms in total. The van der Waals surface area contributed by atoms with Gasteiger partial charge < -0.3 is 20.4 Å². The van der Waals surface area contributed by atoms with E-state index >= 15 is 0 Å². The Labute approximate surface area is 238 Å². The quantitative estimate of drug-likeness (QED) is 0.163. The lowest BCUT2D eigenvalue weighted by molar-refractivity contribution is -0.119. The van der Waals surface area contributed by atoms with E-state index in [1.54, 1.807) is 30.3 Å². The number of nitrogens with one attached hydrogen (secondary N) is 4. The van der Waals surface area contributed by atoms with Crippen LogP contribution in [0.1, 0.15) is 5.56 Å². The Balaban J connectivity index is 1.26. The van der Waals surface area contributed by atoms with Gasteiger partial charge in [0.15, 0.2) is 11.6 Å². The van der Waals surface area contributed by atoms with Gasteiger partial charge in [-0.3, -0.25) is 14.9 Å². The van der Waals surface area contributed by atoms with E-state index in [0.29, 0.717) is 33.7 Å². The molecule has 0 unspecified atom stereocenters. The van der Waals surface area contributed by atoms with Crippen molar-refractivity contribution in [3.63, 3.8) is 0 Å². The van der Waals surface area contributed by atoms with E-state index < -0.39 is 23.6 Å². The Hall–Kier alpha value is -5.84. The summed E-state index contributed by atoms with van der Waals surface area (Å²) in [6.45, 7) is 3.45.